The molecule has 2 amide bonds. The second-order valence-electron chi connectivity index (χ2n) is 11.7. The van der Waals surface area contributed by atoms with E-state index in [1.165, 1.54) is 6.07 Å². The maximum Gasteiger partial charge on any atom is 0.277 e. The summed E-state index contributed by atoms with van der Waals surface area (Å²) in [6.07, 6.45) is 5.03. The Bertz CT molecular complexity index is 2460. The van der Waals surface area contributed by atoms with Gasteiger partial charge < -0.3 is 15.4 Å². The summed E-state index contributed by atoms with van der Waals surface area (Å²) in [7, 11) is 1.56. The Balaban J connectivity index is 0.000000267. The first-order valence-electron chi connectivity index (χ1n) is 16.5. The molecule has 0 aromatic heterocycles. The molecule has 0 aliphatic carbocycles. The lowest BCUT2D eigenvalue weighted by Crippen LogP contribution is -2.25. The summed E-state index contributed by atoms with van der Waals surface area (Å²) >= 11 is 10.1. The van der Waals surface area contributed by atoms with Gasteiger partial charge in [-0.2, -0.15) is 0 Å². The van der Waals surface area contributed by atoms with Crippen molar-refractivity contribution >= 4 is 112 Å². The Morgan fingerprint density at radius 2 is 1.19 bits per heavy atom. The molecule has 0 spiro atoms. The quantitative estimate of drug-likeness (QED) is 0.0260. The smallest absolute Gasteiger partial charge is 0.277 e. The fourth-order valence-electron chi connectivity index (χ4n) is 4.83. The maximum atomic E-state index is 14.8. The number of ether oxygens (including phenoxy) is 1. The standard InChI is InChI=1S/C24H18BrF2IN2O3.C17H12BrF2IN2O2/c1-14-11-16(28)8-9-20(14)29-23-18(13-19(25)21(26)22(23)27)24(31)30-33-10-4-6-15-5-3-7-17(12-15)32-2;1-3-6-25-23-17(24)11-8-12(18)14(19)15(20)16(11)22-13-5-4-10(21)7-9(13)2/h3,5,7-9,11-13,29H,10H2,1-2H3,(H,30,31);1,4-5,7-8,22H,6H2,2H3,(H,23,24). The van der Waals surface area contributed by atoms with Crippen molar-refractivity contribution in [1.82, 2.24) is 11.0 Å². The van der Waals surface area contributed by atoms with E-state index in [1.807, 2.05) is 32.0 Å². The van der Waals surface area contributed by atoms with Gasteiger partial charge in [-0.05, 0) is 169 Å². The van der Waals surface area contributed by atoms with E-state index in [2.05, 4.69) is 116 Å². The van der Waals surface area contributed by atoms with Crippen LogP contribution in [-0.2, 0) is 9.68 Å². The van der Waals surface area contributed by atoms with Gasteiger partial charge in [0, 0.05) is 24.1 Å². The monoisotopic (exact) mass is 1150 g/mol. The maximum absolute atomic E-state index is 14.8. The third-order valence-corrected chi connectivity index (χ3v) is 10.1. The molecular formula is C41H30Br2F4I2N4O5. The first-order chi connectivity index (χ1) is 27.6. The molecule has 0 saturated heterocycles. The number of rotatable bonds is 11. The molecule has 17 heteroatoms. The van der Waals surface area contributed by atoms with Crippen LogP contribution < -0.4 is 26.3 Å². The van der Waals surface area contributed by atoms with Crippen molar-refractivity contribution in [3.8, 4) is 29.9 Å². The lowest BCUT2D eigenvalue weighted by Gasteiger charge is -2.16. The second-order valence-corrected chi connectivity index (χ2v) is 15.9. The molecule has 5 aromatic carbocycles. The van der Waals surface area contributed by atoms with Crippen LogP contribution in [0.15, 0.2) is 81.7 Å². The van der Waals surface area contributed by atoms with Gasteiger partial charge in [-0.1, -0.05) is 23.8 Å². The second kappa shape index (κ2) is 22.1. The number of aryl methyl sites for hydroxylation is 2. The van der Waals surface area contributed by atoms with Gasteiger partial charge in [-0.3, -0.25) is 19.3 Å². The number of terminal acetylenes is 1. The highest BCUT2D eigenvalue weighted by Crippen LogP contribution is 2.34. The Hall–Kier alpha value is -4.38. The van der Waals surface area contributed by atoms with Gasteiger partial charge in [0.25, 0.3) is 11.8 Å². The lowest BCUT2D eigenvalue weighted by molar-refractivity contribution is 0.0435. The molecule has 0 unspecified atom stereocenters. The number of benzene rings is 5. The number of carbonyl (C=O) groups is 2. The number of halogens is 8. The summed E-state index contributed by atoms with van der Waals surface area (Å²) in [5, 5.41) is 5.60. The molecule has 0 radical (unpaired) electrons. The summed E-state index contributed by atoms with van der Waals surface area (Å²) in [6, 6.07) is 20.3. The Labute approximate surface area is 375 Å². The van der Waals surface area contributed by atoms with Crippen LogP contribution in [0.5, 0.6) is 5.75 Å². The number of carbonyl (C=O) groups excluding carboxylic acids is 2. The van der Waals surface area contributed by atoms with E-state index in [9.17, 15) is 27.2 Å². The van der Waals surface area contributed by atoms with Crippen LogP contribution in [0.4, 0.5) is 40.3 Å². The van der Waals surface area contributed by atoms with Crippen molar-refractivity contribution in [1.29, 1.82) is 0 Å². The normalized spacial score (nSPS) is 10.2. The molecule has 0 saturated carbocycles. The lowest BCUT2D eigenvalue weighted by atomic mass is 10.1. The van der Waals surface area contributed by atoms with Gasteiger partial charge in [-0.15, -0.1) is 6.42 Å². The van der Waals surface area contributed by atoms with Crippen LogP contribution in [0.1, 0.15) is 37.4 Å². The average Bonchev–Trinajstić information content (AvgIpc) is 3.19. The Kier molecular flexibility index (Phi) is 17.7. The summed E-state index contributed by atoms with van der Waals surface area (Å²) in [5.74, 6) is 2.37. The van der Waals surface area contributed by atoms with E-state index >= 15 is 0 Å². The molecule has 0 heterocycles. The van der Waals surface area contributed by atoms with Gasteiger partial charge in [0.2, 0.25) is 0 Å². The Morgan fingerprint density at radius 1 is 0.707 bits per heavy atom. The first-order valence-corrected chi connectivity index (χ1v) is 20.2. The van der Waals surface area contributed by atoms with Crippen molar-refractivity contribution in [2.45, 2.75) is 13.8 Å². The molecule has 0 atom stereocenters. The van der Waals surface area contributed by atoms with Crippen LogP contribution in [0.25, 0.3) is 0 Å². The molecule has 300 valence electrons. The molecule has 58 heavy (non-hydrogen) atoms. The number of nitrogens with one attached hydrogen (secondary N) is 4. The number of methoxy groups -OCH3 is 1. The zero-order valence-corrected chi connectivity index (χ0v) is 38.0. The molecule has 9 nitrogen and oxygen atoms in total. The zero-order valence-electron chi connectivity index (χ0n) is 30.5. The van der Waals surface area contributed by atoms with E-state index in [0.29, 0.717) is 22.7 Å². The minimum absolute atomic E-state index is 0.118. The van der Waals surface area contributed by atoms with E-state index < -0.39 is 35.1 Å². The van der Waals surface area contributed by atoms with Gasteiger partial charge >= 0.3 is 0 Å². The molecule has 0 aliphatic rings. The number of amides is 2. The molecule has 0 aliphatic heterocycles. The van der Waals surface area contributed by atoms with Gasteiger partial charge in [0.1, 0.15) is 19.0 Å². The van der Waals surface area contributed by atoms with Crippen molar-refractivity contribution in [3.05, 3.63) is 140 Å². The van der Waals surface area contributed by atoms with Crippen molar-refractivity contribution in [2.75, 3.05) is 31.0 Å². The van der Waals surface area contributed by atoms with E-state index in [4.69, 9.17) is 20.8 Å². The van der Waals surface area contributed by atoms with Crippen molar-refractivity contribution < 1.29 is 41.6 Å². The molecule has 0 bridgehead atoms. The summed E-state index contributed by atoms with van der Waals surface area (Å²) in [5.41, 5.74) is 6.84. The van der Waals surface area contributed by atoms with E-state index in [-0.39, 0.29) is 44.7 Å². The van der Waals surface area contributed by atoms with Crippen molar-refractivity contribution in [3.63, 3.8) is 0 Å². The van der Waals surface area contributed by atoms with Gasteiger partial charge in [0.05, 0.1) is 38.6 Å². The topological polar surface area (TPSA) is 110 Å². The third kappa shape index (κ3) is 12.6. The molecule has 5 rings (SSSR count). The summed E-state index contributed by atoms with van der Waals surface area (Å²) in [4.78, 5) is 34.8. The highest BCUT2D eigenvalue weighted by Gasteiger charge is 2.24. The average molecular weight is 1150 g/mol. The molecular weight excluding hydrogens is 1120 g/mol. The molecule has 4 N–H and O–H groups in total. The van der Waals surface area contributed by atoms with Crippen LogP contribution in [-0.4, -0.2) is 32.1 Å². The predicted molar refractivity (Wildman–Crippen MR) is 238 cm³/mol. The number of hydroxylamine groups is 2. The first kappa shape index (κ1) is 46.3. The van der Waals surface area contributed by atoms with Crippen molar-refractivity contribution in [2.24, 2.45) is 0 Å². The summed E-state index contributed by atoms with van der Waals surface area (Å²) in [6.45, 7) is 3.36. The Morgan fingerprint density at radius 3 is 1.64 bits per heavy atom. The molecule has 5 aromatic rings. The van der Waals surface area contributed by atoms with E-state index in [1.54, 1.807) is 49.6 Å². The van der Waals surface area contributed by atoms with Crippen LogP contribution >= 0.6 is 77.0 Å². The van der Waals surface area contributed by atoms with E-state index in [0.717, 1.165) is 24.3 Å². The SMILES string of the molecule is C#CCONC(=O)c1cc(Br)c(F)c(F)c1Nc1ccc(I)cc1C.COc1cccc(C#CCONC(=O)c2cc(Br)c(F)c(F)c2Nc2ccc(I)cc2C)c1. The van der Waals surface area contributed by atoms with Crippen LogP contribution in [0.3, 0.4) is 0 Å². The largest absolute Gasteiger partial charge is 0.497 e. The number of hydrogen-bond acceptors (Lipinski definition) is 7. The minimum Gasteiger partial charge on any atom is -0.497 e. The third-order valence-electron chi connectivity index (χ3n) is 7.64. The minimum atomic E-state index is -1.19. The zero-order chi connectivity index (χ0) is 42.5. The summed E-state index contributed by atoms with van der Waals surface area (Å²) < 4.78 is 64.1. The van der Waals surface area contributed by atoms with Crippen LogP contribution in [0.2, 0.25) is 0 Å². The fraction of sp³-hybridized carbons (Fsp3) is 0.122. The molecule has 0 fully saturated rings. The fourth-order valence-corrected chi connectivity index (χ4v) is 6.93. The van der Waals surface area contributed by atoms with Gasteiger partial charge in [0.15, 0.2) is 23.3 Å². The van der Waals surface area contributed by atoms with Crippen LogP contribution in [0, 0.1) is 68.4 Å². The van der Waals surface area contributed by atoms with Gasteiger partial charge in [-0.25, -0.2) is 28.5 Å². The number of hydrogen-bond donors (Lipinski definition) is 4. The highest BCUT2D eigenvalue weighted by atomic mass is 127. The predicted octanol–water partition coefficient (Wildman–Crippen LogP) is 10.8. The highest BCUT2D eigenvalue weighted by molar-refractivity contribution is 14.1. The number of anilines is 4.